The van der Waals surface area contributed by atoms with Crippen molar-refractivity contribution >= 4 is 17.9 Å². The van der Waals surface area contributed by atoms with Gasteiger partial charge in [0.05, 0.1) is 0 Å². The monoisotopic (exact) mass is 1050 g/mol. The van der Waals surface area contributed by atoms with Crippen LogP contribution in [0.3, 0.4) is 0 Å². The third kappa shape index (κ3) is 61.8. The molecule has 0 bridgehead atoms. The fraction of sp³-hybridized carbons (Fsp3) is 0.812. The van der Waals surface area contributed by atoms with E-state index < -0.39 is 6.10 Å². The van der Waals surface area contributed by atoms with Gasteiger partial charge in [-0.25, -0.2) is 0 Å². The van der Waals surface area contributed by atoms with Crippen molar-refractivity contribution in [3.05, 3.63) is 60.8 Å². The zero-order valence-electron chi connectivity index (χ0n) is 50.1. The molecule has 75 heavy (non-hydrogen) atoms. The average molecular weight is 1050 g/mol. The molecule has 0 aromatic rings. The van der Waals surface area contributed by atoms with E-state index in [4.69, 9.17) is 14.2 Å². The summed E-state index contributed by atoms with van der Waals surface area (Å²) >= 11 is 0. The first-order valence-electron chi connectivity index (χ1n) is 32.8. The quantitative estimate of drug-likeness (QED) is 0.0261. The van der Waals surface area contributed by atoms with E-state index >= 15 is 0 Å². The summed E-state index contributed by atoms with van der Waals surface area (Å²) in [7, 11) is 0. The van der Waals surface area contributed by atoms with E-state index in [1.807, 2.05) is 0 Å². The molecule has 0 aliphatic rings. The molecular formula is C69H124O6. The summed E-state index contributed by atoms with van der Waals surface area (Å²) in [5, 5.41) is 0. The molecule has 0 aromatic heterocycles. The number of rotatable bonds is 60. The Balaban J connectivity index is 4.39. The maximum atomic E-state index is 12.9. The molecule has 0 saturated heterocycles. The van der Waals surface area contributed by atoms with Gasteiger partial charge in [0, 0.05) is 19.3 Å². The van der Waals surface area contributed by atoms with Crippen LogP contribution in [0.2, 0.25) is 0 Å². The highest BCUT2D eigenvalue weighted by Crippen LogP contribution is 2.16. The number of allylic oxidation sites excluding steroid dienone is 10. The van der Waals surface area contributed by atoms with E-state index in [1.165, 1.54) is 225 Å². The second kappa shape index (κ2) is 63.6. The molecule has 0 fully saturated rings. The average Bonchev–Trinajstić information content (AvgIpc) is 3.41. The molecule has 0 spiro atoms. The molecule has 0 aliphatic carbocycles. The fourth-order valence-corrected chi connectivity index (χ4v) is 9.50. The van der Waals surface area contributed by atoms with Crippen molar-refractivity contribution in [1.29, 1.82) is 0 Å². The van der Waals surface area contributed by atoms with Crippen molar-refractivity contribution in [3.8, 4) is 0 Å². The number of carbonyl (C=O) groups excluding carboxylic acids is 3. The van der Waals surface area contributed by atoms with E-state index in [0.29, 0.717) is 19.3 Å². The van der Waals surface area contributed by atoms with Crippen LogP contribution in [0.1, 0.15) is 342 Å². The van der Waals surface area contributed by atoms with Crippen LogP contribution < -0.4 is 0 Å². The van der Waals surface area contributed by atoms with E-state index in [1.54, 1.807) is 0 Å². The van der Waals surface area contributed by atoms with Crippen LogP contribution in [0.15, 0.2) is 60.8 Å². The third-order valence-corrected chi connectivity index (χ3v) is 14.5. The summed E-state index contributed by atoms with van der Waals surface area (Å²) in [5.74, 6) is -0.881. The summed E-state index contributed by atoms with van der Waals surface area (Å²) in [4.78, 5) is 38.4. The van der Waals surface area contributed by atoms with Crippen molar-refractivity contribution in [2.45, 2.75) is 348 Å². The van der Waals surface area contributed by atoms with Crippen molar-refractivity contribution in [2.75, 3.05) is 13.2 Å². The van der Waals surface area contributed by atoms with Gasteiger partial charge in [-0.3, -0.25) is 14.4 Å². The van der Waals surface area contributed by atoms with Crippen LogP contribution in [0.5, 0.6) is 0 Å². The van der Waals surface area contributed by atoms with Gasteiger partial charge in [0.2, 0.25) is 0 Å². The van der Waals surface area contributed by atoms with Crippen molar-refractivity contribution in [3.63, 3.8) is 0 Å². The Labute approximate surface area is 466 Å². The lowest BCUT2D eigenvalue weighted by Gasteiger charge is -2.18. The summed E-state index contributed by atoms with van der Waals surface area (Å²) < 4.78 is 17.0. The van der Waals surface area contributed by atoms with Crippen molar-refractivity contribution < 1.29 is 28.6 Å². The fourth-order valence-electron chi connectivity index (χ4n) is 9.50. The summed E-state index contributed by atoms with van der Waals surface area (Å²) in [6.45, 7) is 6.65. The molecule has 0 rings (SSSR count). The predicted octanol–water partition coefficient (Wildman–Crippen LogP) is 22.3. The second-order valence-corrected chi connectivity index (χ2v) is 22.0. The molecule has 0 aromatic carbocycles. The normalized spacial score (nSPS) is 12.4. The zero-order valence-corrected chi connectivity index (χ0v) is 50.1. The molecule has 0 radical (unpaired) electrons. The first-order chi connectivity index (χ1) is 37.0. The number of hydrogen-bond donors (Lipinski definition) is 0. The molecule has 1 unspecified atom stereocenters. The maximum Gasteiger partial charge on any atom is 0.306 e. The van der Waals surface area contributed by atoms with Gasteiger partial charge in [0.15, 0.2) is 6.10 Å². The molecule has 1 atom stereocenters. The molecule has 0 heterocycles. The molecule has 0 amide bonds. The molecule has 436 valence electrons. The third-order valence-electron chi connectivity index (χ3n) is 14.5. The lowest BCUT2D eigenvalue weighted by molar-refractivity contribution is -0.167. The summed E-state index contributed by atoms with van der Waals surface area (Å²) in [5.41, 5.74) is 0. The standard InChI is InChI=1S/C69H124O6/c1-4-7-10-13-16-19-22-25-28-31-33-34-36-38-41-44-47-50-53-56-59-62-68(71)74-65-66(64-73-67(70)61-58-55-52-49-46-43-40-37-30-27-24-21-18-15-12-9-6-3)75-69(72)63-60-57-54-51-48-45-42-39-35-32-29-26-23-20-17-14-11-8-5-2/h22,25-27,29-31,33,36,38,66H,4-21,23-24,28,32,34-35,37,39-65H2,1-3H3/b25-22-,29-26-,30-27-,33-31-,38-36-. The molecule has 6 nitrogen and oxygen atoms in total. The van der Waals surface area contributed by atoms with Crippen molar-refractivity contribution in [1.82, 2.24) is 0 Å². The Morgan fingerprint density at radius 2 is 0.480 bits per heavy atom. The maximum absolute atomic E-state index is 12.9. The van der Waals surface area contributed by atoms with Gasteiger partial charge in [0.1, 0.15) is 13.2 Å². The number of ether oxygens (including phenoxy) is 3. The van der Waals surface area contributed by atoms with E-state index in [-0.39, 0.29) is 31.1 Å². The minimum Gasteiger partial charge on any atom is -0.462 e. The molecule has 0 N–H and O–H groups in total. The Hall–Kier alpha value is -2.89. The molecule has 6 heteroatoms. The Morgan fingerprint density at radius 3 is 0.760 bits per heavy atom. The van der Waals surface area contributed by atoms with Crippen LogP contribution in [0.25, 0.3) is 0 Å². The number of hydrogen-bond acceptors (Lipinski definition) is 6. The minimum absolute atomic E-state index is 0.0798. The SMILES string of the molecule is CCCCCCC/C=C\C/C=C\C/C=C\CCCCCCCCC(=O)OCC(COC(=O)CCCCCCCCC/C=C\CCCCCCCC)OC(=O)CCCCCCCCCCC/C=C\CCCCCCCC. The van der Waals surface area contributed by atoms with E-state index in [2.05, 4.69) is 81.5 Å². The van der Waals surface area contributed by atoms with Crippen LogP contribution >= 0.6 is 0 Å². The van der Waals surface area contributed by atoms with Crippen LogP contribution in [0, 0.1) is 0 Å². The predicted molar refractivity (Wildman–Crippen MR) is 325 cm³/mol. The topological polar surface area (TPSA) is 78.9 Å². The van der Waals surface area contributed by atoms with Crippen LogP contribution in [-0.2, 0) is 28.6 Å². The highest BCUT2D eigenvalue weighted by molar-refractivity contribution is 5.71. The number of carbonyl (C=O) groups is 3. The molecule has 0 aliphatic heterocycles. The highest BCUT2D eigenvalue weighted by Gasteiger charge is 2.19. The van der Waals surface area contributed by atoms with Gasteiger partial charge >= 0.3 is 17.9 Å². The smallest absolute Gasteiger partial charge is 0.306 e. The minimum atomic E-state index is -0.784. The lowest BCUT2D eigenvalue weighted by Crippen LogP contribution is -2.30. The number of esters is 3. The largest absolute Gasteiger partial charge is 0.462 e. The van der Waals surface area contributed by atoms with Gasteiger partial charge in [-0.1, -0.05) is 274 Å². The molecular weight excluding hydrogens is 925 g/mol. The van der Waals surface area contributed by atoms with Crippen molar-refractivity contribution in [2.24, 2.45) is 0 Å². The van der Waals surface area contributed by atoms with Crippen LogP contribution in [0.4, 0.5) is 0 Å². The van der Waals surface area contributed by atoms with Gasteiger partial charge in [-0.05, 0) is 109 Å². The van der Waals surface area contributed by atoms with Gasteiger partial charge in [0.25, 0.3) is 0 Å². The Bertz CT molecular complexity index is 1340. The van der Waals surface area contributed by atoms with E-state index in [0.717, 1.165) is 77.0 Å². The van der Waals surface area contributed by atoms with E-state index in [9.17, 15) is 14.4 Å². The lowest BCUT2D eigenvalue weighted by atomic mass is 10.1. The highest BCUT2D eigenvalue weighted by atomic mass is 16.6. The summed E-state index contributed by atoms with van der Waals surface area (Å²) in [6, 6.07) is 0. The summed E-state index contributed by atoms with van der Waals surface area (Å²) in [6.07, 6.45) is 80.7. The van der Waals surface area contributed by atoms with Gasteiger partial charge in [-0.15, -0.1) is 0 Å². The first kappa shape index (κ1) is 72.1. The zero-order chi connectivity index (χ0) is 54.3. The second-order valence-electron chi connectivity index (χ2n) is 22.0. The Kier molecular flexibility index (Phi) is 61.2. The first-order valence-corrected chi connectivity index (χ1v) is 32.8. The van der Waals surface area contributed by atoms with Crippen LogP contribution in [-0.4, -0.2) is 37.2 Å². The number of unbranched alkanes of at least 4 members (excludes halogenated alkanes) is 39. The molecule has 0 saturated carbocycles. The van der Waals surface area contributed by atoms with Gasteiger partial charge < -0.3 is 14.2 Å². The van der Waals surface area contributed by atoms with Gasteiger partial charge in [-0.2, -0.15) is 0 Å². The Morgan fingerprint density at radius 1 is 0.267 bits per heavy atom.